The first kappa shape index (κ1) is 16.6. The molecule has 2 N–H and O–H groups in total. The molecule has 1 saturated heterocycles. The van der Waals surface area contributed by atoms with Gasteiger partial charge in [-0.25, -0.2) is 5.01 Å². The standard InChI is InChI=1S/C20H21N3S2/c1-14-17-10-6-5-7-15(17)13-18(14)19-23(11-12-25-19)22-20(24)21-16-8-3-2-4-9-16/h2-10,13-14,19H,11-12H2,1H3,(H2,21,22,24). The van der Waals surface area contributed by atoms with Gasteiger partial charge in [0.15, 0.2) is 5.11 Å². The van der Waals surface area contributed by atoms with Crippen LogP contribution in [0.4, 0.5) is 5.69 Å². The van der Waals surface area contributed by atoms with Crippen molar-refractivity contribution in [1.29, 1.82) is 0 Å². The molecule has 0 spiro atoms. The highest BCUT2D eigenvalue weighted by molar-refractivity contribution is 8.00. The molecule has 0 saturated carbocycles. The van der Waals surface area contributed by atoms with Gasteiger partial charge in [0.05, 0.1) is 5.37 Å². The molecule has 2 aliphatic rings. The van der Waals surface area contributed by atoms with E-state index in [0.29, 0.717) is 16.4 Å². The zero-order chi connectivity index (χ0) is 17.2. The van der Waals surface area contributed by atoms with E-state index >= 15 is 0 Å². The number of rotatable bonds is 3. The molecule has 1 aliphatic carbocycles. The van der Waals surface area contributed by atoms with Crippen LogP contribution in [0.25, 0.3) is 6.08 Å². The number of nitrogens with zero attached hydrogens (tertiary/aromatic N) is 1. The van der Waals surface area contributed by atoms with E-state index in [4.69, 9.17) is 12.2 Å². The largest absolute Gasteiger partial charge is 0.332 e. The highest BCUT2D eigenvalue weighted by Gasteiger charge is 2.34. The van der Waals surface area contributed by atoms with Crippen LogP contribution in [0.2, 0.25) is 0 Å². The fourth-order valence-corrected chi connectivity index (χ4v) is 5.04. The number of fused-ring (bicyclic) bond motifs is 1. The third-order valence-electron chi connectivity index (χ3n) is 4.74. The summed E-state index contributed by atoms with van der Waals surface area (Å²) in [6, 6.07) is 18.7. The minimum atomic E-state index is 0.318. The van der Waals surface area contributed by atoms with E-state index in [9.17, 15) is 0 Å². The Morgan fingerprint density at radius 3 is 2.68 bits per heavy atom. The number of hydrazine groups is 1. The van der Waals surface area contributed by atoms with E-state index < -0.39 is 0 Å². The minimum absolute atomic E-state index is 0.318. The Kier molecular flexibility index (Phi) is 4.79. The lowest BCUT2D eigenvalue weighted by molar-refractivity contribution is 0.265. The molecule has 1 fully saturated rings. The maximum absolute atomic E-state index is 5.51. The normalized spacial score (nSPS) is 22.4. The maximum atomic E-state index is 5.51. The summed E-state index contributed by atoms with van der Waals surface area (Å²) in [5, 5.41) is 6.48. The number of nitrogens with one attached hydrogen (secondary N) is 2. The smallest absolute Gasteiger partial charge is 0.185 e. The molecule has 2 unspecified atom stereocenters. The summed E-state index contributed by atoms with van der Waals surface area (Å²) >= 11 is 7.48. The molecule has 2 aromatic rings. The number of anilines is 1. The van der Waals surface area contributed by atoms with Crippen molar-refractivity contribution in [3.8, 4) is 0 Å². The van der Waals surface area contributed by atoms with E-state index in [1.807, 2.05) is 42.1 Å². The van der Waals surface area contributed by atoms with Crippen molar-refractivity contribution in [2.24, 2.45) is 0 Å². The van der Waals surface area contributed by atoms with Gasteiger partial charge in [-0.1, -0.05) is 55.5 Å². The zero-order valence-corrected chi connectivity index (χ0v) is 15.7. The van der Waals surface area contributed by atoms with Gasteiger partial charge in [-0.05, 0) is 41.1 Å². The first-order chi connectivity index (χ1) is 12.2. The van der Waals surface area contributed by atoms with Crippen molar-refractivity contribution in [2.45, 2.75) is 18.2 Å². The second-order valence-electron chi connectivity index (χ2n) is 6.34. The van der Waals surface area contributed by atoms with E-state index in [-0.39, 0.29) is 0 Å². The van der Waals surface area contributed by atoms with Gasteiger partial charge in [0.1, 0.15) is 0 Å². The highest BCUT2D eigenvalue weighted by atomic mass is 32.2. The van der Waals surface area contributed by atoms with Crippen LogP contribution >= 0.6 is 24.0 Å². The number of hydrogen-bond donors (Lipinski definition) is 2. The molecule has 2 atom stereocenters. The molecule has 1 heterocycles. The number of thioether (sulfide) groups is 1. The third kappa shape index (κ3) is 3.45. The van der Waals surface area contributed by atoms with Crippen LogP contribution in [-0.2, 0) is 0 Å². The number of benzene rings is 2. The van der Waals surface area contributed by atoms with Crippen molar-refractivity contribution in [3.63, 3.8) is 0 Å². The van der Waals surface area contributed by atoms with E-state index in [0.717, 1.165) is 18.0 Å². The quantitative estimate of drug-likeness (QED) is 0.781. The van der Waals surface area contributed by atoms with Gasteiger partial charge >= 0.3 is 0 Å². The zero-order valence-electron chi connectivity index (χ0n) is 14.1. The number of thiocarbonyl (C=S) groups is 1. The van der Waals surface area contributed by atoms with Gasteiger partial charge in [-0.2, -0.15) is 0 Å². The lowest BCUT2D eigenvalue weighted by Gasteiger charge is -2.28. The average Bonchev–Trinajstić information content (AvgIpc) is 3.20. The lowest BCUT2D eigenvalue weighted by Crippen LogP contribution is -2.47. The first-order valence-electron chi connectivity index (χ1n) is 8.54. The summed E-state index contributed by atoms with van der Waals surface area (Å²) in [7, 11) is 0. The predicted molar refractivity (Wildman–Crippen MR) is 112 cm³/mol. The summed E-state index contributed by atoms with van der Waals surface area (Å²) in [5.41, 5.74) is 8.63. The van der Waals surface area contributed by atoms with Crippen LogP contribution in [0.5, 0.6) is 0 Å². The minimum Gasteiger partial charge on any atom is -0.332 e. The molecular formula is C20H21N3S2. The van der Waals surface area contributed by atoms with Gasteiger partial charge in [0, 0.05) is 23.9 Å². The topological polar surface area (TPSA) is 27.3 Å². The second-order valence-corrected chi connectivity index (χ2v) is 7.94. The van der Waals surface area contributed by atoms with E-state index in [1.54, 1.807) is 0 Å². The van der Waals surface area contributed by atoms with Crippen LogP contribution in [0.3, 0.4) is 0 Å². The highest BCUT2D eigenvalue weighted by Crippen LogP contribution is 2.43. The van der Waals surface area contributed by atoms with E-state index in [1.165, 1.54) is 16.7 Å². The molecule has 5 heteroatoms. The van der Waals surface area contributed by atoms with Crippen LogP contribution in [0, 0.1) is 0 Å². The first-order valence-corrected chi connectivity index (χ1v) is 9.99. The maximum Gasteiger partial charge on any atom is 0.185 e. The second kappa shape index (κ2) is 7.20. The fourth-order valence-electron chi connectivity index (χ4n) is 3.48. The summed E-state index contributed by atoms with van der Waals surface area (Å²) in [6.45, 7) is 3.28. The molecule has 0 amide bonds. The summed E-state index contributed by atoms with van der Waals surface area (Å²) in [4.78, 5) is 0. The lowest BCUT2D eigenvalue weighted by atomic mass is 9.98. The Labute approximate surface area is 158 Å². The van der Waals surface area contributed by atoms with Crippen molar-refractivity contribution >= 4 is 40.9 Å². The summed E-state index contributed by atoms with van der Waals surface area (Å²) < 4.78 is 0. The summed E-state index contributed by atoms with van der Waals surface area (Å²) in [5.74, 6) is 1.55. The fraction of sp³-hybridized carbons (Fsp3) is 0.250. The van der Waals surface area contributed by atoms with Crippen molar-refractivity contribution < 1.29 is 0 Å². The van der Waals surface area contributed by atoms with Gasteiger partial charge in [-0.15, -0.1) is 11.8 Å². The molecule has 128 valence electrons. The molecule has 1 aliphatic heterocycles. The number of para-hydroxylation sites is 1. The molecule has 0 radical (unpaired) electrons. The third-order valence-corrected chi connectivity index (χ3v) is 6.19. The van der Waals surface area contributed by atoms with Gasteiger partial charge < -0.3 is 5.32 Å². The Hall–Kier alpha value is -1.82. The van der Waals surface area contributed by atoms with Crippen molar-refractivity contribution in [1.82, 2.24) is 10.4 Å². The van der Waals surface area contributed by atoms with Crippen LogP contribution in [0.1, 0.15) is 24.0 Å². The molecule has 4 rings (SSSR count). The molecular weight excluding hydrogens is 346 g/mol. The van der Waals surface area contributed by atoms with Crippen molar-refractivity contribution in [2.75, 3.05) is 17.6 Å². The number of hydrogen-bond acceptors (Lipinski definition) is 3. The Balaban J connectivity index is 1.46. The molecule has 2 aromatic carbocycles. The summed E-state index contributed by atoms with van der Waals surface area (Å²) in [6.07, 6.45) is 2.35. The van der Waals surface area contributed by atoms with Crippen LogP contribution < -0.4 is 10.7 Å². The van der Waals surface area contributed by atoms with Crippen LogP contribution in [0.15, 0.2) is 60.2 Å². The molecule has 0 aromatic heterocycles. The van der Waals surface area contributed by atoms with Gasteiger partial charge in [0.2, 0.25) is 0 Å². The van der Waals surface area contributed by atoms with E-state index in [2.05, 4.69) is 53.0 Å². The van der Waals surface area contributed by atoms with Crippen molar-refractivity contribution in [3.05, 3.63) is 71.3 Å². The molecule has 3 nitrogen and oxygen atoms in total. The average molecular weight is 368 g/mol. The SMILES string of the molecule is CC1C(C2SCCN2NC(=S)Nc2ccccc2)=Cc2ccccc21. The monoisotopic (exact) mass is 367 g/mol. The molecule has 25 heavy (non-hydrogen) atoms. The Morgan fingerprint density at radius 1 is 1.12 bits per heavy atom. The van der Waals surface area contributed by atoms with Gasteiger partial charge in [0.25, 0.3) is 0 Å². The van der Waals surface area contributed by atoms with Crippen LogP contribution in [-0.4, -0.2) is 27.8 Å². The Bertz CT molecular complexity index is 804. The Morgan fingerprint density at radius 2 is 1.88 bits per heavy atom. The van der Waals surface area contributed by atoms with Gasteiger partial charge in [-0.3, -0.25) is 5.43 Å². The predicted octanol–water partition coefficient (Wildman–Crippen LogP) is 4.46. The molecule has 0 bridgehead atoms.